The van der Waals surface area contributed by atoms with E-state index in [-0.39, 0.29) is 11.9 Å². The molecule has 1 amide bonds. The fourth-order valence-electron chi connectivity index (χ4n) is 2.91. The number of nitrogens with zero attached hydrogens (tertiary/aromatic N) is 1. The van der Waals surface area contributed by atoms with Gasteiger partial charge in [0.2, 0.25) is 0 Å². The molecule has 0 bridgehead atoms. The van der Waals surface area contributed by atoms with Crippen LogP contribution in [0.4, 0.5) is 0 Å². The van der Waals surface area contributed by atoms with Crippen molar-refractivity contribution < 1.29 is 18.8 Å². The second-order valence-electron chi connectivity index (χ2n) is 6.14. The Labute approximate surface area is 158 Å². The molecule has 0 radical (unpaired) electrons. The maximum absolute atomic E-state index is 12.9. The van der Waals surface area contributed by atoms with Gasteiger partial charge in [0.25, 0.3) is 5.91 Å². The highest BCUT2D eigenvalue weighted by Crippen LogP contribution is 2.30. The van der Waals surface area contributed by atoms with Crippen LogP contribution in [0, 0.1) is 6.92 Å². The predicted molar refractivity (Wildman–Crippen MR) is 102 cm³/mol. The van der Waals surface area contributed by atoms with E-state index in [1.54, 1.807) is 21.1 Å². The van der Waals surface area contributed by atoms with E-state index in [2.05, 4.69) is 10.5 Å². The summed E-state index contributed by atoms with van der Waals surface area (Å²) in [7, 11) is 3.17. The molecule has 0 saturated carbocycles. The number of benzene rings is 2. The van der Waals surface area contributed by atoms with Crippen LogP contribution in [-0.4, -0.2) is 25.3 Å². The van der Waals surface area contributed by atoms with Gasteiger partial charge >= 0.3 is 0 Å². The van der Waals surface area contributed by atoms with E-state index < -0.39 is 0 Å². The molecule has 6 heteroatoms. The van der Waals surface area contributed by atoms with Crippen LogP contribution in [0.3, 0.4) is 0 Å². The third-order valence-electron chi connectivity index (χ3n) is 4.39. The Bertz CT molecular complexity index is 935. The Balaban J connectivity index is 1.85. The monoisotopic (exact) mass is 366 g/mol. The minimum absolute atomic E-state index is 0.241. The van der Waals surface area contributed by atoms with E-state index in [4.69, 9.17) is 14.0 Å². The van der Waals surface area contributed by atoms with Crippen molar-refractivity contribution >= 4 is 5.91 Å². The number of aromatic nitrogens is 1. The molecular formula is C21H22N2O4. The van der Waals surface area contributed by atoms with E-state index in [0.29, 0.717) is 28.5 Å². The maximum atomic E-state index is 12.9. The quantitative estimate of drug-likeness (QED) is 0.709. The van der Waals surface area contributed by atoms with Crippen LogP contribution in [0.1, 0.15) is 34.6 Å². The van der Waals surface area contributed by atoms with Crippen LogP contribution in [0.25, 0.3) is 11.3 Å². The van der Waals surface area contributed by atoms with Gasteiger partial charge in [0.15, 0.2) is 11.5 Å². The highest BCUT2D eigenvalue weighted by molar-refractivity contribution is 6.00. The molecule has 0 fully saturated rings. The Morgan fingerprint density at radius 3 is 2.44 bits per heavy atom. The van der Waals surface area contributed by atoms with Crippen molar-refractivity contribution in [3.8, 4) is 22.8 Å². The van der Waals surface area contributed by atoms with Gasteiger partial charge in [-0.25, -0.2) is 0 Å². The molecular weight excluding hydrogens is 344 g/mol. The third-order valence-corrected chi connectivity index (χ3v) is 4.39. The minimum Gasteiger partial charge on any atom is -0.493 e. The first kappa shape index (κ1) is 18.5. The van der Waals surface area contributed by atoms with Gasteiger partial charge in [-0.15, -0.1) is 0 Å². The minimum atomic E-state index is -0.241. The molecule has 0 unspecified atom stereocenters. The van der Waals surface area contributed by atoms with Gasteiger partial charge in [0, 0.05) is 5.56 Å². The first-order chi connectivity index (χ1) is 13.0. The zero-order chi connectivity index (χ0) is 19.4. The molecule has 3 aromatic rings. The number of hydrogen-bond donors (Lipinski definition) is 1. The largest absolute Gasteiger partial charge is 0.493 e. The average Bonchev–Trinajstić information content (AvgIpc) is 3.09. The SMILES string of the molecule is COc1ccc([C@@H](C)NC(=O)c2c(-c3ccccc3)noc2C)cc1OC. The molecule has 0 aliphatic rings. The van der Waals surface area contributed by atoms with Gasteiger partial charge in [0.05, 0.1) is 20.3 Å². The van der Waals surface area contributed by atoms with Crippen molar-refractivity contribution in [3.05, 3.63) is 65.4 Å². The number of nitrogens with one attached hydrogen (secondary N) is 1. The fourth-order valence-corrected chi connectivity index (χ4v) is 2.91. The van der Waals surface area contributed by atoms with E-state index in [0.717, 1.165) is 11.1 Å². The summed E-state index contributed by atoms with van der Waals surface area (Å²) in [6.45, 7) is 3.64. The topological polar surface area (TPSA) is 73.6 Å². The Morgan fingerprint density at radius 2 is 1.78 bits per heavy atom. The molecule has 0 spiro atoms. The molecule has 140 valence electrons. The Morgan fingerprint density at radius 1 is 1.07 bits per heavy atom. The molecule has 3 rings (SSSR count). The summed E-state index contributed by atoms with van der Waals surface area (Å²) in [4.78, 5) is 12.9. The van der Waals surface area contributed by atoms with Crippen molar-refractivity contribution in [1.82, 2.24) is 10.5 Å². The normalized spacial score (nSPS) is 11.7. The lowest BCUT2D eigenvalue weighted by Gasteiger charge is -2.16. The van der Waals surface area contributed by atoms with Crippen LogP contribution in [0.5, 0.6) is 11.5 Å². The first-order valence-corrected chi connectivity index (χ1v) is 8.59. The molecule has 1 atom stereocenters. The van der Waals surface area contributed by atoms with Crippen LogP contribution in [0.2, 0.25) is 0 Å². The second kappa shape index (κ2) is 7.95. The van der Waals surface area contributed by atoms with Crippen molar-refractivity contribution in [2.75, 3.05) is 14.2 Å². The standard InChI is InChI=1S/C21H22N2O4/c1-13(16-10-11-17(25-3)18(12-16)26-4)22-21(24)19-14(2)27-23-20(19)15-8-6-5-7-9-15/h5-13H,1-4H3,(H,22,24)/t13-/m1/s1. The lowest BCUT2D eigenvalue weighted by molar-refractivity contribution is 0.0939. The van der Waals surface area contributed by atoms with E-state index >= 15 is 0 Å². The smallest absolute Gasteiger partial charge is 0.257 e. The van der Waals surface area contributed by atoms with Gasteiger partial charge in [-0.05, 0) is 31.5 Å². The molecule has 0 saturated heterocycles. The zero-order valence-electron chi connectivity index (χ0n) is 15.8. The Kier molecular flexibility index (Phi) is 5.45. The molecule has 0 aliphatic heterocycles. The van der Waals surface area contributed by atoms with Crippen LogP contribution >= 0.6 is 0 Å². The molecule has 0 aliphatic carbocycles. The average molecular weight is 366 g/mol. The van der Waals surface area contributed by atoms with Crippen LogP contribution in [-0.2, 0) is 0 Å². The summed E-state index contributed by atoms with van der Waals surface area (Å²) >= 11 is 0. The zero-order valence-corrected chi connectivity index (χ0v) is 15.8. The third kappa shape index (κ3) is 3.79. The van der Waals surface area contributed by atoms with Gasteiger partial charge in [-0.2, -0.15) is 0 Å². The van der Waals surface area contributed by atoms with Crippen molar-refractivity contribution in [2.24, 2.45) is 0 Å². The molecule has 27 heavy (non-hydrogen) atoms. The van der Waals surface area contributed by atoms with Gasteiger partial charge in [-0.3, -0.25) is 4.79 Å². The number of hydrogen-bond acceptors (Lipinski definition) is 5. The van der Waals surface area contributed by atoms with Crippen molar-refractivity contribution in [1.29, 1.82) is 0 Å². The van der Waals surface area contributed by atoms with Crippen LogP contribution in [0.15, 0.2) is 53.1 Å². The summed E-state index contributed by atoms with van der Waals surface area (Å²) in [6.07, 6.45) is 0. The molecule has 1 heterocycles. The lowest BCUT2D eigenvalue weighted by atomic mass is 10.0. The summed E-state index contributed by atoms with van der Waals surface area (Å²) in [5, 5.41) is 7.07. The molecule has 2 aromatic carbocycles. The summed E-state index contributed by atoms with van der Waals surface area (Å²) in [6, 6.07) is 14.8. The number of rotatable bonds is 6. The van der Waals surface area contributed by atoms with E-state index in [1.165, 1.54) is 0 Å². The van der Waals surface area contributed by atoms with Crippen LogP contribution < -0.4 is 14.8 Å². The van der Waals surface area contributed by atoms with Gasteiger partial charge in [0.1, 0.15) is 17.0 Å². The number of carbonyl (C=O) groups is 1. The highest BCUT2D eigenvalue weighted by Gasteiger charge is 2.23. The Hall–Kier alpha value is -3.28. The summed E-state index contributed by atoms with van der Waals surface area (Å²) < 4.78 is 15.9. The number of methoxy groups -OCH3 is 2. The number of carbonyl (C=O) groups excluding carboxylic acids is 1. The summed E-state index contributed by atoms with van der Waals surface area (Å²) in [5.41, 5.74) is 2.70. The maximum Gasteiger partial charge on any atom is 0.257 e. The first-order valence-electron chi connectivity index (χ1n) is 8.59. The number of ether oxygens (including phenoxy) is 2. The predicted octanol–water partition coefficient (Wildman–Crippen LogP) is 4.16. The highest BCUT2D eigenvalue weighted by atomic mass is 16.5. The fraction of sp³-hybridized carbons (Fsp3) is 0.238. The number of aryl methyl sites for hydroxylation is 1. The molecule has 6 nitrogen and oxygen atoms in total. The number of amides is 1. The lowest BCUT2D eigenvalue weighted by Crippen LogP contribution is -2.27. The van der Waals surface area contributed by atoms with Gasteiger partial charge in [-0.1, -0.05) is 41.6 Å². The van der Waals surface area contributed by atoms with E-state index in [9.17, 15) is 4.79 Å². The van der Waals surface area contributed by atoms with Crippen molar-refractivity contribution in [3.63, 3.8) is 0 Å². The second-order valence-corrected chi connectivity index (χ2v) is 6.14. The molecule has 1 N–H and O–H groups in total. The summed E-state index contributed by atoms with van der Waals surface area (Å²) in [5.74, 6) is 1.49. The molecule has 1 aromatic heterocycles. The van der Waals surface area contributed by atoms with Gasteiger partial charge < -0.3 is 19.3 Å². The van der Waals surface area contributed by atoms with Crippen molar-refractivity contribution in [2.45, 2.75) is 19.9 Å². The van der Waals surface area contributed by atoms with E-state index in [1.807, 2.05) is 55.5 Å².